The van der Waals surface area contributed by atoms with Crippen molar-refractivity contribution in [3.63, 3.8) is 0 Å². The molecular formula is C13H24F3NO. The van der Waals surface area contributed by atoms with Crippen LogP contribution in [0.5, 0.6) is 0 Å². The van der Waals surface area contributed by atoms with Gasteiger partial charge in [0.05, 0.1) is 12.6 Å². The van der Waals surface area contributed by atoms with Crippen molar-refractivity contribution < 1.29 is 18.3 Å². The molecule has 1 fully saturated rings. The van der Waals surface area contributed by atoms with Crippen LogP contribution in [0.2, 0.25) is 0 Å². The summed E-state index contributed by atoms with van der Waals surface area (Å²) in [6.07, 6.45) is -2.68. The fraction of sp³-hybridized carbons (Fsp3) is 1.00. The highest BCUT2D eigenvalue weighted by Gasteiger charge is 2.40. The maximum Gasteiger partial charge on any atom is 0.401 e. The zero-order valence-electron chi connectivity index (χ0n) is 11.4. The molecule has 1 saturated carbocycles. The molecule has 2 nitrogen and oxygen atoms in total. The molecule has 5 heteroatoms. The minimum Gasteiger partial charge on any atom is -0.391 e. The number of aliphatic hydroxyl groups excluding tert-OH is 1. The largest absolute Gasteiger partial charge is 0.401 e. The van der Waals surface area contributed by atoms with Gasteiger partial charge in [0.15, 0.2) is 0 Å². The molecule has 0 bridgehead atoms. The molecule has 0 amide bonds. The van der Waals surface area contributed by atoms with Gasteiger partial charge in [-0.15, -0.1) is 0 Å². The van der Waals surface area contributed by atoms with Gasteiger partial charge in [-0.3, -0.25) is 4.90 Å². The van der Waals surface area contributed by atoms with E-state index in [1.165, 1.54) is 4.90 Å². The lowest BCUT2D eigenvalue weighted by Gasteiger charge is -2.43. The van der Waals surface area contributed by atoms with Gasteiger partial charge in [-0.05, 0) is 37.6 Å². The molecule has 4 unspecified atom stereocenters. The maximum absolute atomic E-state index is 12.6. The van der Waals surface area contributed by atoms with Crippen molar-refractivity contribution in [2.24, 2.45) is 11.8 Å². The van der Waals surface area contributed by atoms with E-state index in [4.69, 9.17) is 0 Å². The van der Waals surface area contributed by atoms with Crippen LogP contribution in [-0.4, -0.2) is 41.4 Å². The van der Waals surface area contributed by atoms with Crippen LogP contribution in [0, 0.1) is 11.8 Å². The number of aliphatic hydroxyl groups is 1. The van der Waals surface area contributed by atoms with Crippen molar-refractivity contribution >= 4 is 0 Å². The highest BCUT2D eigenvalue weighted by molar-refractivity contribution is 4.90. The fourth-order valence-corrected chi connectivity index (χ4v) is 3.26. The first-order chi connectivity index (χ1) is 8.24. The second-order valence-electron chi connectivity index (χ2n) is 5.70. The summed E-state index contributed by atoms with van der Waals surface area (Å²) in [5, 5.41) is 10.1. The van der Waals surface area contributed by atoms with E-state index in [2.05, 4.69) is 0 Å². The molecule has 0 saturated heterocycles. The number of nitrogens with zero attached hydrogens (tertiary/aromatic N) is 1. The highest BCUT2D eigenvalue weighted by Crippen LogP contribution is 2.33. The first-order valence-corrected chi connectivity index (χ1v) is 6.73. The second-order valence-corrected chi connectivity index (χ2v) is 5.70. The lowest BCUT2D eigenvalue weighted by molar-refractivity contribution is -0.162. The Bertz CT molecular complexity index is 245. The minimum atomic E-state index is -4.20. The van der Waals surface area contributed by atoms with E-state index in [1.807, 2.05) is 20.8 Å². The average molecular weight is 267 g/mol. The standard InChI is InChI=1S/C13H24F3NO/c1-4-5-17(8-13(14,15)16)12-10(3)6-9(2)7-11(12)18/h9-12,18H,4-8H2,1-3H3. The maximum atomic E-state index is 12.6. The third kappa shape index (κ3) is 4.43. The minimum absolute atomic E-state index is 0.109. The summed E-state index contributed by atoms with van der Waals surface area (Å²) in [5.41, 5.74) is 0. The van der Waals surface area contributed by atoms with Gasteiger partial charge in [-0.1, -0.05) is 20.8 Å². The van der Waals surface area contributed by atoms with Crippen molar-refractivity contribution in [2.75, 3.05) is 13.1 Å². The summed E-state index contributed by atoms with van der Waals surface area (Å²) >= 11 is 0. The molecule has 4 atom stereocenters. The normalized spacial score (nSPS) is 34.0. The number of halogens is 3. The Hall–Kier alpha value is -0.290. The molecule has 0 aromatic carbocycles. The molecule has 1 N–H and O–H groups in total. The molecule has 0 radical (unpaired) electrons. The van der Waals surface area contributed by atoms with E-state index in [1.54, 1.807) is 0 Å². The molecule has 1 aliphatic rings. The lowest BCUT2D eigenvalue weighted by atomic mass is 9.77. The van der Waals surface area contributed by atoms with Gasteiger partial charge in [0.1, 0.15) is 0 Å². The molecular weight excluding hydrogens is 243 g/mol. The van der Waals surface area contributed by atoms with Gasteiger partial charge in [0.2, 0.25) is 0 Å². The predicted octanol–water partition coefficient (Wildman–Crippen LogP) is 3.06. The van der Waals surface area contributed by atoms with Crippen LogP contribution in [0.25, 0.3) is 0 Å². The van der Waals surface area contributed by atoms with E-state index >= 15 is 0 Å². The summed E-state index contributed by atoms with van der Waals surface area (Å²) in [6.45, 7) is 5.33. The quantitative estimate of drug-likeness (QED) is 0.846. The summed E-state index contributed by atoms with van der Waals surface area (Å²) in [5.74, 6) is 0.498. The Balaban J connectivity index is 2.77. The monoisotopic (exact) mass is 267 g/mol. The fourth-order valence-electron chi connectivity index (χ4n) is 3.26. The van der Waals surface area contributed by atoms with Crippen LogP contribution in [-0.2, 0) is 0 Å². The number of hydrogen-bond donors (Lipinski definition) is 1. The highest BCUT2D eigenvalue weighted by atomic mass is 19.4. The van der Waals surface area contributed by atoms with Crippen molar-refractivity contribution in [3.8, 4) is 0 Å². The number of alkyl halides is 3. The molecule has 1 rings (SSSR count). The molecule has 108 valence electrons. The van der Waals surface area contributed by atoms with Crippen LogP contribution < -0.4 is 0 Å². The Labute approximate surface area is 107 Å². The average Bonchev–Trinajstić information content (AvgIpc) is 2.13. The lowest BCUT2D eigenvalue weighted by Crippen LogP contribution is -2.54. The summed E-state index contributed by atoms with van der Waals surface area (Å²) in [6, 6.07) is -0.359. The molecule has 0 heterocycles. The molecule has 0 spiro atoms. The SMILES string of the molecule is CCCN(CC(F)(F)F)C1C(C)CC(C)CC1O. The Kier molecular flexibility index (Phi) is 5.46. The first kappa shape index (κ1) is 15.8. The molecule has 0 aromatic rings. The van der Waals surface area contributed by atoms with E-state index in [-0.39, 0.29) is 12.0 Å². The number of hydrogen-bond acceptors (Lipinski definition) is 2. The van der Waals surface area contributed by atoms with E-state index in [9.17, 15) is 18.3 Å². The van der Waals surface area contributed by atoms with Crippen LogP contribution in [0.3, 0.4) is 0 Å². The van der Waals surface area contributed by atoms with Crippen molar-refractivity contribution in [1.29, 1.82) is 0 Å². The van der Waals surface area contributed by atoms with Gasteiger partial charge in [-0.2, -0.15) is 13.2 Å². The number of rotatable bonds is 4. The third-order valence-electron chi connectivity index (χ3n) is 3.71. The van der Waals surface area contributed by atoms with E-state index in [0.717, 1.165) is 6.42 Å². The first-order valence-electron chi connectivity index (χ1n) is 6.73. The van der Waals surface area contributed by atoms with Crippen LogP contribution >= 0.6 is 0 Å². The van der Waals surface area contributed by atoms with Crippen molar-refractivity contribution in [1.82, 2.24) is 4.90 Å². The van der Waals surface area contributed by atoms with Crippen LogP contribution in [0.15, 0.2) is 0 Å². The summed E-state index contributed by atoms with van der Waals surface area (Å²) < 4.78 is 37.8. The van der Waals surface area contributed by atoms with Gasteiger partial charge in [0.25, 0.3) is 0 Å². The van der Waals surface area contributed by atoms with Crippen molar-refractivity contribution in [2.45, 2.75) is 58.4 Å². The Morgan fingerprint density at radius 2 is 1.83 bits per heavy atom. The third-order valence-corrected chi connectivity index (χ3v) is 3.71. The zero-order valence-corrected chi connectivity index (χ0v) is 11.4. The topological polar surface area (TPSA) is 23.5 Å². The second kappa shape index (κ2) is 6.24. The van der Waals surface area contributed by atoms with E-state index < -0.39 is 18.8 Å². The van der Waals surface area contributed by atoms with E-state index in [0.29, 0.717) is 25.3 Å². The smallest absolute Gasteiger partial charge is 0.391 e. The molecule has 0 aliphatic heterocycles. The molecule has 18 heavy (non-hydrogen) atoms. The Morgan fingerprint density at radius 1 is 1.22 bits per heavy atom. The van der Waals surface area contributed by atoms with Gasteiger partial charge in [-0.25, -0.2) is 0 Å². The van der Waals surface area contributed by atoms with Crippen LogP contribution in [0.4, 0.5) is 13.2 Å². The van der Waals surface area contributed by atoms with Gasteiger partial charge >= 0.3 is 6.18 Å². The van der Waals surface area contributed by atoms with Gasteiger partial charge in [0, 0.05) is 6.04 Å². The predicted molar refractivity (Wildman–Crippen MR) is 65.3 cm³/mol. The summed E-state index contributed by atoms with van der Waals surface area (Å²) in [7, 11) is 0. The van der Waals surface area contributed by atoms with Gasteiger partial charge < -0.3 is 5.11 Å². The molecule has 0 aromatic heterocycles. The Morgan fingerprint density at radius 3 is 2.28 bits per heavy atom. The van der Waals surface area contributed by atoms with Crippen LogP contribution in [0.1, 0.15) is 40.0 Å². The van der Waals surface area contributed by atoms with Crippen molar-refractivity contribution in [3.05, 3.63) is 0 Å². The summed E-state index contributed by atoms with van der Waals surface area (Å²) in [4.78, 5) is 1.42. The molecule has 1 aliphatic carbocycles. The zero-order chi connectivity index (χ0) is 13.9.